The Morgan fingerprint density at radius 2 is 2.10 bits per heavy atom. The van der Waals surface area contributed by atoms with Crippen molar-refractivity contribution >= 4 is 5.97 Å². The Kier molecular flexibility index (Phi) is 3.79. The number of nitrogens with zero attached hydrogens (tertiary/aromatic N) is 1. The summed E-state index contributed by atoms with van der Waals surface area (Å²) in [7, 11) is 1.55. The SMILES string of the molecule is COc1ccc(C(C)C)cc1-c1c(C(=O)O)noc1C. The summed E-state index contributed by atoms with van der Waals surface area (Å²) >= 11 is 0. The number of hydrogen-bond donors (Lipinski definition) is 1. The van der Waals surface area contributed by atoms with Crippen LogP contribution in [0.15, 0.2) is 22.7 Å². The van der Waals surface area contributed by atoms with E-state index in [9.17, 15) is 9.90 Å². The van der Waals surface area contributed by atoms with Crippen molar-refractivity contribution in [3.63, 3.8) is 0 Å². The zero-order valence-electron chi connectivity index (χ0n) is 11.9. The number of carbonyl (C=O) groups is 1. The molecule has 2 aromatic rings. The highest BCUT2D eigenvalue weighted by Gasteiger charge is 2.23. The molecule has 0 spiro atoms. The largest absolute Gasteiger partial charge is 0.496 e. The molecule has 2 rings (SSSR count). The monoisotopic (exact) mass is 275 g/mol. The topological polar surface area (TPSA) is 72.6 Å². The van der Waals surface area contributed by atoms with E-state index in [-0.39, 0.29) is 5.69 Å². The zero-order chi connectivity index (χ0) is 14.9. The molecule has 0 saturated heterocycles. The number of aromatic carboxylic acids is 1. The third-order valence-electron chi connectivity index (χ3n) is 3.22. The standard InChI is InChI=1S/C15H17NO4/c1-8(2)10-5-6-12(19-4)11(7-10)13-9(3)20-16-14(13)15(17)18/h5-8H,1-4H3,(H,17,18). The van der Waals surface area contributed by atoms with Crippen LogP contribution in [0.2, 0.25) is 0 Å². The minimum atomic E-state index is -1.12. The lowest BCUT2D eigenvalue weighted by Gasteiger charge is -2.12. The predicted molar refractivity (Wildman–Crippen MR) is 74.3 cm³/mol. The van der Waals surface area contributed by atoms with Crippen LogP contribution in [-0.2, 0) is 0 Å². The molecule has 0 fully saturated rings. The molecule has 106 valence electrons. The van der Waals surface area contributed by atoms with Crippen LogP contribution in [0.3, 0.4) is 0 Å². The molecule has 0 aliphatic carbocycles. The second-order valence-electron chi connectivity index (χ2n) is 4.88. The number of rotatable bonds is 4. The number of aromatic nitrogens is 1. The molecule has 20 heavy (non-hydrogen) atoms. The Balaban J connectivity index is 2.70. The molecule has 1 aromatic carbocycles. The number of methoxy groups -OCH3 is 1. The average Bonchev–Trinajstić information content (AvgIpc) is 2.79. The van der Waals surface area contributed by atoms with Gasteiger partial charge >= 0.3 is 5.97 Å². The first-order valence-electron chi connectivity index (χ1n) is 6.33. The summed E-state index contributed by atoms with van der Waals surface area (Å²) in [4.78, 5) is 11.3. The van der Waals surface area contributed by atoms with Crippen LogP contribution in [0.25, 0.3) is 11.1 Å². The number of aryl methyl sites for hydroxylation is 1. The van der Waals surface area contributed by atoms with E-state index in [0.717, 1.165) is 5.56 Å². The molecule has 5 heteroatoms. The molecule has 0 unspecified atom stereocenters. The van der Waals surface area contributed by atoms with Crippen LogP contribution >= 0.6 is 0 Å². The highest BCUT2D eigenvalue weighted by atomic mass is 16.5. The first-order chi connectivity index (χ1) is 9.45. The van der Waals surface area contributed by atoms with E-state index < -0.39 is 5.97 Å². The summed E-state index contributed by atoms with van der Waals surface area (Å²) in [6.45, 7) is 5.84. The summed E-state index contributed by atoms with van der Waals surface area (Å²) < 4.78 is 10.4. The lowest BCUT2D eigenvalue weighted by Crippen LogP contribution is -2.01. The number of carboxylic acids is 1. The molecule has 0 atom stereocenters. The summed E-state index contributed by atoms with van der Waals surface area (Å²) in [6.07, 6.45) is 0. The first kappa shape index (κ1) is 14.1. The smallest absolute Gasteiger partial charge is 0.358 e. The summed E-state index contributed by atoms with van der Waals surface area (Å²) in [5.41, 5.74) is 2.16. The van der Waals surface area contributed by atoms with Crippen LogP contribution in [-0.4, -0.2) is 23.3 Å². The number of ether oxygens (including phenoxy) is 1. The van der Waals surface area contributed by atoms with Crippen molar-refractivity contribution in [2.45, 2.75) is 26.7 Å². The number of carboxylic acid groups (broad SMARTS) is 1. The van der Waals surface area contributed by atoms with E-state index >= 15 is 0 Å². The predicted octanol–water partition coefficient (Wildman–Crippen LogP) is 3.48. The van der Waals surface area contributed by atoms with Crippen LogP contribution in [0.5, 0.6) is 5.75 Å². The fourth-order valence-corrected chi connectivity index (χ4v) is 2.12. The quantitative estimate of drug-likeness (QED) is 0.924. The second-order valence-corrected chi connectivity index (χ2v) is 4.88. The Morgan fingerprint density at radius 1 is 1.40 bits per heavy atom. The maximum atomic E-state index is 11.3. The van der Waals surface area contributed by atoms with Gasteiger partial charge in [0.25, 0.3) is 0 Å². The Labute approximate surface area is 117 Å². The van der Waals surface area contributed by atoms with Gasteiger partial charge in [-0.2, -0.15) is 0 Å². The molecular formula is C15H17NO4. The van der Waals surface area contributed by atoms with Gasteiger partial charge < -0.3 is 14.4 Å². The van der Waals surface area contributed by atoms with Crippen molar-refractivity contribution in [2.75, 3.05) is 7.11 Å². The van der Waals surface area contributed by atoms with E-state index in [4.69, 9.17) is 9.26 Å². The molecule has 5 nitrogen and oxygen atoms in total. The zero-order valence-corrected chi connectivity index (χ0v) is 11.9. The molecule has 0 amide bonds. The molecule has 0 radical (unpaired) electrons. The summed E-state index contributed by atoms with van der Waals surface area (Å²) in [5.74, 6) is 0.270. The van der Waals surface area contributed by atoms with Crippen molar-refractivity contribution in [3.8, 4) is 16.9 Å². The van der Waals surface area contributed by atoms with Gasteiger partial charge in [0, 0.05) is 5.56 Å². The molecule has 1 heterocycles. The van der Waals surface area contributed by atoms with Crippen LogP contribution < -0.4 is 4.74 Å². The third kappa shape index (κ3) is 2.39. The molecule has 0 aliphatic heterocycles. The second kappa shape index (κ2) is 5.36. The Bertz CT molecular complexity index is 643. The van der Waals surface area contributed by atoms with Crippen molar-refractivity contribution < 1.29 is 19.2 Å². The van der Waals surface area contributed by atoms with Crippen molar-refractivity contribution in [1.29, 1.82) is 0 Å². The number of benzene rings is 1. The van der Waals surface area contributed by atoms with E-state index in [1.54, 1.807) is 14.0 Å². The highest BCUT2D eigenvalue weighted by molar-refractivity contribution is 5.95. The van der Waals surface area contributed by atoms with Gasteiger partial charge in [-0.15, -0.1) is 0 Å². The molecule has 0 aliphatic rings. The van der Waals surface area contributed by atoms with Gasteiger partial charge in [0.05, 0.1) is 12.7 Å². The maximum absolute atomic E-state index is 11.3. The minimum absolute atomic E-state index is 0.0956. The van der Waals surface area contributed by atoms with E-state index in [0.29, 0.717) is 28.6 Å². The van der Waals surface area contributed by atoms with Gasteiger partial charge in [0.2, 0.25) is 0 Å². The van der Waals surface area contributed by atoms with Crippen molar-refractivity contribution in [2.24, 2.45) is 0 Å². The van der Waals surface area contributed by atoms with Gasteiger partial charge in [-0.3, -0.25) is 0 Å². The average molecular weight is 275 g/mol. The summed E-state index contributed by atoms with van der Waals surface area (Å²) in [5, 5.41) is 12.8. The third-order valence-corrected chi connectivity index (χ3v) is 3.22. The lowest BCUT2D eigenvalue weighted by molar-refractivity contribution is 0.0686. The summed E-state index contributed by atoms with van der Waals surface area (Å²) in [6, 6.07) is 5.73. The van der Waals surface area contributed by atoms with Gasteiger partial charge in [0.1, 0.15) is 11.5 Å². The Morgan fingerprint density at radius 3 is 2.65 bits per heavy atom. The molecule has 1 N–H and O–H groups in total. The van der Waals surface area contributed by atoms with Crippen LogP contribution in [0, 0.1) is 6.92 Å². The lowest BCUT2D eigenvalue weighted by atomic mass is 9.95. The molecule has 0 saturated carbocycles. The van der Waals surface area contributed by atoms with Crippen molar-refractivity contribution in [1.82, 2.24) is 5.16 Å². The Hall–Kier alpha value is -2.30. The number of hydrogen-bond acceptors (Lipinski definition) is 4. The van der Waals surface area contributed by atoms with E-state index in [2.05, 4.69) is 19.0 Å². The fraction of sp³-hybridized carbons (Fsp3) is 0.333. The fourth-order valence-electron chi connectivity index (χ4n) is 2.12. The molecule has 0 bridgehead atoms. The van der Waals surface area contributed by atoms with Gasteiger partial charge in [-0.05, 0) is 30.5 Å². The highest BCUT2D eigenvalue weighted by Crippen LogP contribution is 2.36. The van der Waals surface area contributed by atoms with Gasteiger partial charge in [-0.25, -0.2) is 4.79 Å². The first-order valence-corrected chi connectivity index (χ1v) is 6.33. The maximum Gasteiger partial charge on any atom is 0.358 e. The van der Waals surface area contributed by atoms with Gasteiger partial charge in [0.15, 0.2) is 5.69 Å². The van der Waals surface area contributed by atoms with Crippen molar-refractivity contribution in [3.05, 3.63) is 35.2 Å². The normalized spacial score (nSPS) is 10.8. The minimum Gasteiger partial charge on any atom is -0.496 e. The van der Waals surface area contributed by atoms with Crippen LogP contribution in [0.4, 0.5) is 0 Å². The van der Waals surface area contributed by atoms with E-state index in [1.807, 2.05) is 18.2 Å². The van der Waals surface area contributed by atoms with Gasteiger partial charge in [-0.1, -0.05) is 25.1 Å². The van der Waals surface area contributed by atoms with Crippen LogP contribution in [0.1, 0.15) is 41.6 Å². The molecule has 1 aromatic heterocycles. The van der Waals surface area contributed by atoms with E-state index in [1.165, 1.54) is 0 Å². The molecular weight excluding hydrogens is 258 g/mol.